The first-order valence-corrected chi connectivity index (χ1v) is 9.15. The molecule has 0 radical (unpaired) electrons. The molecule has 0 saturated carbocycles. The van der Waals surface area contributed by atoms with Crippen LogP contribution in [0.15, 0.2) is 67.0 Å². The summed E-state index contributed by atoms with van der Waals surface area (Å²) < 4.78 is 11.8. The van der Waals surface area contributed by atoms with Crippen LogP contribution in [0.1, 0.15) is 12.0 Å². The molecule has 3 aromatic rings. The van der Waals surface area contributed by atoms with Gasteiger partial charge in [0.1, 0.15) is 24.7 Å². The molecule has 1 fully saturated rings. The molecule has 2 heterocycles. The molecule has 1 aromatic heterocycles. The summed E-state index contributed by atoms with van der Waals surface area (Å²) in [6.45, 7) is 2.25. The van der Waals surface area contributed by atoms with Gasteiger partial charge in [-0.05, 0) is 54.4 Å². The zero-order chi connectivity index (χ0) is 18.5. The molecule has 0 unspecified atom stereocenters. The van der Waals surface area contributed by atoms with Gasteiger partial charge in [-0.1, -0.05) is 24.3 Å². The van der Waals surface area contributed by atoms with Crippen LogP contribution in [0.5, 0.6) is 11.5 Å². The minimum Gasteiger partial charge on any atom is -0.490 e. The molecule has 0 amide bonds. The van der Waals surface area contributed by atoms with E-state index in [1.165, 1.54) is 6.42 Å². The molecule has 5 heteroatoms. The summed E-state index contributed by atoms with van der Waals surface area (Å²) in [5.41, 5.74) is 9.60. The van der Waals surface area contributed by atoms with E-state index in [1.807, 2.05) is 60.8 Å². The van der Waals surface area contributed by atoms with Gasteiger partial charge in [0.05, 0.1) is 6.20 Å². The highest BCUT2D eigenvalue weighted by molar-refractivity contribution is 5.65. The molecule has 1 atom stereocenters. The molecule has 3 N–H and O–H groups in total. The Kier molecular flexibility index (Phi) is 5.21. The number of ether oxygens (including phenoxy) is 2. The number of benzene rings is 2. The highest BCUT2D eigenvalue weighted by Gasteiger charge is 2.16. The first-order valence-electron chi connectivity index (χ1n) is 9.15. The molecule has 1 aliphatic heterocycles. The molecule has 4 rings (SSSR count). The number of hydrogen-bond donors (Lipinski definition) is 2. The molecule has 27 heavy (non-hydrogen) atoms. The third kappa shape index (κ3) is 4.57. The maximum atomic E-state index is 5.92. The Hall–Kier alpha value is -3.05. The van der Waals surface area contributed by atoms with E-state index in [9.17, 15) is 0 Å². The molecule has 0 aliphatic carbocycles. The Bertz CT molecular complexity index is 892. The van der Waals surface area contributed by atoms with Gasteiger partial charge in [-0.3, -0.25) is 4.98 Å². The molecule has 1 aliphatic rings. The monoisotopic (exact) mass is 361 g/mol. The highest BCUT2D eigenvalue weighted by atomic mass is 16.5. The number of aromatic nitrogens is 1. The number of anilines is 1. The number of hydrogen-bond acceptors (Lipinski definition) is 5. The second-order valence-electron chi connectivity index (χ2n) is 6.72. The summed E-state index contributed by atoms with van der Waals surface area (Å²) in [4.78, 5) is 4.32. The molecule has 0 bridgehead atoms. The van der Waals surface area contributed by atoms with Crippen molar-refractivity contribution in [2.45, 2.75) is 19.1 Å². The van der Waals surface area contributed by atoms with E-state index in [1.54, 1.807) is 6.20 Å². The van der Waals surface area contributed by atoms with E-state index in [0.717, 1.165) is 40.4 Å². The van der Waals surface area contributed by atoms with Gasteiger partial charge in [0, 0.05) is 23.5 Å². The van der Waals surface area contributed by atoms with Crippen LogP contribution in [0.4, 0.5) is 5.69 Å². The van der Waals surface area contributed by atoms with Gasteiger partial charge < -0.3 is 20.5 Å². The van der Waals surface area contributed by atoms with E-state index in [0.29, 0.717) is 19.3 Å². The van der Waals surface area contributed by atoms with Crippen LogP contribution in [0.25, 0.3) is 11.1 Å². The van der Waals surface area contributed by atoms with Crippen molar-refractivity contribution in [3.63, 3.8) is 0 Å². The molecular weight excluding hydrogens is 338 g/mol. The number of pyridine rings is 1. The van der Waals surface area contributed by atoms with Crippen LogP contribution < -0.4 is 20.5 Å². The average Bonchev–Trinajstić information content (AvgIpc) is 2.67. The standard InChI is InChI=1S/C22H23N3O2/c23-19-6-4-16(5-7-19)14-26-21-3-1-2-17(10-21)18-11-22(13-24-12-18)27-15-20-8-9-25-20/h1-7,10-13,20,25H,8-9,14-15,23H2/t20-/m0/s1. The molecule has 2 aromatic carbocycles. The Labute approximate surface area is 159 Å². The first-order chi connectivity index (χ1) is 13.3. The summed E-state index contributed by atoms with van der Waals surface area (Å²) in [6.07, 6.45) is 4.76. The smallest absolute Gasteiger partial charge is 0.138 e. The van der Waals surface area contributed by atoms with E-state index < -0.39 is 0 Å². The van der Waals surface area contributed by atoms with Crippen molar-refractivity contribution in [3.05, 3.63) is 72.6 Å². The lowest BCUT2D eigenvalue weighted by Gasteiger charge is -2.27. The Morgan fingerprint density at radius 1 is 0.963 bits per heavy atom. The second-order valence-corrected chi connectivity index (χ2v) is 6.72. The fraction of sp³-hybridized carbons (Fsp3) is 0.227. The lowest BCUT2D eigenvalue weighted by Crippen LogP contribution is -2.46. The number of nitrogens with one attached hydrogen (secondary N) is 1. The van der Waals surface area contributed by atoms with Crippen LogP contribution in [0, 0.1) is 0 Å². The fourth-order valence-electron chi connectivity index (χ4n) is 2.89. The predicted molar refractivity (Wildman–Crippen MR) is 107 cm³/mol. The number of nitrogens with zero attached hydrogens (tertiary/aromatic N) is 1. The van der Waals surface area contributed by atoms with Gasteiger partial charge in [0.15, 0.2) is 0 Å². The number of nitrogens with two attached hydrogens (primary N) is 1. The van der Waals surface area contributed by atoms with E-state index in [-0.39, 0.29) is 0 Å². The van der Waals surface area contributed by atoms with Gasteiger partial charge in [-0.2, -0.15) is 0 Å². The summed E-state index contributed by atoms with van der Waals surface area (Å²) in [7, 11) is 0. The number of nitrogen functional groups attached to an aromatic ring is 1. The van der Waals surface area contributed by atoms with Crippen molar-refractivity contribution in [3.8, 4) is 22.6 Å². The maximum Gasteiger partial charge on any atom is 0.138 e. The molecule has 138 valence electrons. The van der Waals surface area contributed by atoms with Crippen LogP contribution in [0.3, 0.4) is 0 Å². The minimum atomic E-state index is 0.457. The van der Waals surface area contributed by atoms with Crippen molar-refractivity contribution < 1.29 is 9.47 Å². The van der Waals surface area contributed by atoms with Gasteiger partial charge in [-0.15, -0.1) is 0 Å². The Morgan fingerprint density at radius 2 is 1.78 bits per heavy atom. The van der Waals surface area contributed by atoms with Crippen molar-refractivity contribution in [1.82, 2.24) is 10.3 Å². The van der Waals surface area contributed by atoms with Crippen LogP contribution >= 0.6 is 0 Å². The van der Waals surface area contributed by atoms with Gasteiger partial charge in [-0.25, -0.2) is 0 Å². The lowest BCUT2D eigenvalue weighted by molar-refractivity contribution is 0.217. The Morgan fingerprint density at radius 3 is 2.56 bits per heavy atom. The summed E-state index contributed by atoms with van der Waals surface area (Å²) in [5.74, 6) is 1.60. The highest BCUT2D eigenvalue weighted by Crippen LogP contribution is 2.26. The third-order valence-electron chi connectivity index (χ3n) is 4.64. The van der Waals surface area contributed by atoms with E-state index >= 15 is 0 Å². The lowest BCUT2D eigenvalue weighted by atomic mass is 10.1. The minimum absolute atomic E-state index is 0.457. The third-order valence-corrected chi connectivity index (χ3v) is 4.64. The van der Waals surface area contributed by atoms with Crippen molar-refractivity contribution in [1.29, 1.82) is 0 Å². The van der Waals surface area contributed by atoms with E-state index in [2.05, 4.69) is 10.3 Å². The predicted octanol–water partition coefficient (Wildman–Crippen LogP) is 3.65. The Balaban J connectivity index is 1.42. The van der Waals surface area contributed by atoms with Gasteiger partial charge in [0.2, 0.25) is 0 Å². The van der Waals surface area contributed by atoms with Crippen LogP contribution in [-0.4, -0.2) is 24.2 Å². The normalized spacial score (nSPS) is 15.8. The van der Waals surface area contributed by atoms with Crippen LogP contribution in [-0.2, 0) is 6.61 Å². The zero-order valence-electron chi connectivity index (χ0n) is 15.1. The van der Waals surface area contributed by atoms with Crippen LogP contribution in [0.2, 0.25) is 0 Å². The average molecular weight is 361 g/mol. The quantitative estimate of drug-likeness (QED) is 0.629. The van der Waals surface area contributed by atoms with Crippen molar-refractivity contribution >= 4 is 5.69 Å². The molecule has 5 nitrogen and oxygen atoms in total. The largest absolute Gasteiger partial charge is 0.490 e. The number of rotatable bonds is 7. The maximum absolute atomic E-state index is 5.92. The van der Waals surface area contributed by atoms with Crippen molar-refractivity contribution in [2.24, 2.45) is 0 Å². The fourth-order valence-corrected chi connectivity index (χ4v) is 2.89. The molecule has 0 spiro atoms. The SMILES string of the molecule is Nc1ccc(COc2cccc(-c3cncc(OC[C@@H]4CCN4)c3)c2)cc1. The topological polar surface area (TPSA) is 69.4 Å². The van der Waals surface area contributed by atoms with Gasteiger partial charge >= 0.3 is 0 Å². The summed E-state index contributed by atoms with van der Waals surface area (Å²) >= 11 is 0. The van der Waals surface area contributed by atoms with E-state index in [4.69, 9.17) is 15.2 Å². The zero-order valence-corrected chi connectivity index (χ0v) is 15.1. The summed E-state index contributed by atoms with van der Waals surface area (Å²) in [6, 6.07) is 18.2. The van der Waals surface area contributed by atoms with Crippen molar-refractivity contribution in [2.75, 3.05) is 18.9 Å². The molecular formula is C22H23N3O2. The first kappa shape index (κ1) is 17.4. The van der Waals surface area contributed by atoms with Gasteiger partial charge in [0.25, 0.3) is 0 Å². The molecule has 1 saturated heterocycles. The summed E-state index contributed by atoms with van der Waals surface area (Å²) in [5, 5.41) is 3.33. The second kappa shape index (κ2) is 8.10.